The summed E-state index contributed by atoms with van der Waals surface area (Å²) in [7, 11) is 0. The Kier molecular flexibility index (Phi) is 1.28. The molecule has 68 valence electrons. The number of rotatable bonds is 0. The highest BCUT2D eigenvalue weighted by Gasteiger charge is 2.06. The number of hydrogen-bond donors (Lipinski definition) is 1. The van der Waals surface area contributed by atoms with Crippen LogP contribution in [-0.4, -0.2) is 10.2 Å². The molecule has 4 heteroatoms. The van der Waals surface area contributed by atoms with Crippen LogP contribution in [0.4, 0.5) is 0 Å². The van der Waals surface area contributed by atoms with Crippen LogP contribution in [0.1, 0.15) is 0 Å². The minimum Gasteiger partial charge on any atom is -0.404 e. The first-order valence-corrected chi connectivity index (χ1v) is 4.21. The van der Waals surface area contributed by atoms with Crippen LogP contribution in [0, 0.1) is 0 Å². The highest BCUT2D eigenvalue weighted by atomic mass is 16.4. The Labute approximate surface area is 78.2 Å². The average molecular weight is 186 g/mol. The van der Waals surface area contributed by atoms with Gasteiger partial charge in [0.2, 0.25) is 5.71 Å². The van der Waals surface area contributed by atoms with Crippen LogP contribution in [-0.2, 0) is 0 Å². The number of hydrogen-bond acceptors (Lipinski definition) is 3. The van der Waals surface area contributed by atoms with Crippen LogP contribution in [0.25, 0.3) is 21.9 Å². The molecular weight excluding hydrogens is 180 g/mol. The summed E-state index contributed by atoms with van der Waals surface area (Å²) in [4.78, 5) is 11.5. The highest BCUT2D eigenvalue weighted by Crippen LogP contribution is 2.19. The molecule has 4 nitrogen and oxygen atoms in total. The van der Waals surface area contributed by atoms with Gasteiger partial charge < -0.3 is 4.42 Å². The summed E-state index contributed by atoms with van der Waals surface area (Å²) in [5, 5.41) is 8.76. The van der Waals surface area contributed by atoms with Crippen molar-refractivity contribution in [3.05, 3.63) is 40.9 Å². The van der Waals surface area contributed by atoms with Gasteiger partial charge in [0.1, 0.15) is 0 Å². The van der Waals surface area contributed by atoms with Gasteiger partial charge in [0, 0.05) is 5.39 Å². The Hall–Kier alpha value is -2.10. The van der Waals surface area contributed by atoms with Crippen molar-refractivity contribution in [2.45, 2.75) is 0 Å². The molecule has 0 saturated carbocycles. The van der Waals surface area contributed by atoms with Crippen molar-refractivity contribution in [2.75, 3.05) is 0 Å². The first-order chi connectivity index (χ1) is 6.86. The minimum atomic E-state index is -0.336. The van der Waals surface area contributed by atoms with Crippen molar-refractivity contribution in [2.24, 2.45) is 0 Å². The first kappa shape index (κ1) is 7.32. The maximum atomic E-state index is 11.5. The maximum Gasteiger partial charge on any atom is 0.345 e. The minimum absolute atomic E-state index is 0.336. The SMILES string of the molecule is O=c1oc2[nH]ncc2c2ccccc12. The van der Waals surface area contributed by atoms with E-state index < -0.39 is 0 Å². The second kappa shape index (κ2) is 2.45. The summed E-state index contributed by atoms with van der Waals surface area (Å²) in [6, 6.07) is 7.32. The van der Waals surface area contributed by atoms with E-state index in [2.05, 4.69) is 10.2 Å². The van der Waals surface area contributed by atoms with Gasteiger partial charge in [-0.05, 0) is 6.07 Å². The molecule has 3 aromatic rings. The normalized spacial score (nSPS) is 11.1. The van der Waals surface area contributed by atoms with Crippen molar-refractivity contribution in [1.29, 1.82) is 0 Å². The van der Waals surface area contributed by atoms with Crippen LogP contribution < -0.4 is 5.63 Å². The highest BCUT2D eigenvalue weighted by molar-refractivity contribution is 6.02. The van der Waals surface area contributed by atoms with Crippen molar-refractivity contribution in [3.8, 4) is 0 Å². The van der Waals surface area contributed by atoms with E-state index >= 15 is 0 Å². The van der Waals surface area contributed by atoms with E-state index in [0.29, 0.717) is 11.1 Å². The van der Waals surface area contributed by atoms with Crippen LogP contribution in [0.5, 0.6) is 0 Å². The fourth-order valence-corrected chi connectivity index (χ4v) is 1.59. The molecule has 0 aliphatic carbocycles. The Morgan fingerprint density at radius 1 is 1.14 bits per heavy atom. The Morgan fingerprint density at radius 3 is 2.79 bits per heavy atom. The third kappa shape index (κ3) is 0.821. The molecule has 0 radical (unpaired) electrons. The van der Waals surface area contributed by atoms with E-state index in [0.717, 1.165) is 10.8 Å². The zero-order valence-corrected chi connectivity index (χ0v) is 7.15. The zero-order valence-electron chi connectivity index (χ0n) is 7.15. The van der Waals surface area contributed by atoms with Gasteiger partial charge in [-0.15, -0.1) is 0 Å². The number of benzene rings is 1. The Morgan fingerprint density at radius 2 is 1.93 bits per heavy atom. The molecule has 3 rings (SSSR count). The molecule has 0 bridgehead atoms. The molecule has 0 amide bonds. The van der Waals surface area contributed by atoms with Gasteiger partial charge >= 0.3 is 5.63 Å². The van der Waals surface area contributed by atoms with Gasteiger partial charge in [-0.2, -0.15) is 5.10 Å². The second-order valence-corrected chi connectivity index (χ2v) is 3.05. The lowest BCUT2D eigenvalue weighted by Crippen LogP contribution is -1.98. The smallest absolute Gasteiger partial charge is 0.345 e. The predicted molar refractivity (Wildman–Crippen MR) is 52.1 cm³/mol. The van der Waals surface area contributed by atoms with Crippen LogP contribution >= 0.6 is 0 Å². The van der Waals surface area contributed by atoms with E-state index in [1.54, 1.807) is 12.3 Å². The molecule has 0 atom stereocenters. The monoisotopic (exact) mass is 186 g/mol. The largest absolute Gasteiger partial charge is 0.404 e. The summed E-state index contributed by atoms with van der Waals surface area (Å²) in [5.41, 5.74) is 0.0889. The number of aromatic amines is 1. The zero-order chi connectivity index (χ0) is 9.54. The van der Waals surface area contributed by atoms with Gasteiger partial charge in [0.25, 0.3) is 0 Å². The number of fused-ring (bicyclic) bond motifs is 3. The molecule has 0 saturated heterocycles. The van der Waals surface area contributed by atoms with Gasteiger partial charge in [0.05, 0.1) is 17.0 Å². The standard InChI is InChI=1S/C10H6N2O2/c13-10-7-4-2-1-3-6(7)8-5-11-12-9(8)14-10/h1-5H,(H,11,12). The van der Waals surface area contributed by atoms with E-state index in [1.165, 1.54) is 0 Å². The molecule has 0 aliphatic heterocycles. The Balaban J connectivity index is 2.74. The number of aromatic nitrogens is 2. The summed E-state index contributed by atoms with van der Waals surface area (Å²) in [5.74, 6) is 0. The lowest BCUT2D eigenvalue weighted by atomic mass is 10.1. The fourth-order valence-electron chi connectivity index (χ4n) is 1.59. The molecule has 1 aromatic carbocycles. The number of nitrogens with one attached hydrogen (secondary N) is 1. The topological polar surface area (TPSA) is 58.9 Å². The second-order valence-electron chi connectivity index (χ2n) is 3.05. The van der Waals surface area contributed by atoms with E-state index in [9.17, 15) is 4.79 Å². The van der Waals surface area contributed by atoms with Gasteiger partial charge in [0.15, 0.2) is 0 Å². The third-order valence-corrected chi connectivity index (χ3v) is 2.24. The first-order valence-electron chi connectivity index (χ1n) is 4.21. The lowest BCUT2D eigenvalue weighted by molar-refractivity contribution is 0.556. The Bertz CT molecular complexity index is 666. The van der Waals surface area contributed by atoms with E-state index in [-0.39, 0.29) is 5.63 Å². The molecule has 0 unspecified atom stereocenters. The molecular formula is C10H6N2O2. The third-order valence-electron chi connectivity index (χ3n) is 2.24. The van der Waals surface area contributed by atoms with E-state index in [4.69, 9.17) is 4.42 Å². The fraction of sp³-hybridized carbons (Fsp3) is 0. The van der Waals surface area contributed by atoms with Crippen LogP contribution in [0.15, 0.2) is 39.7 Å². The maximum absolute atomic E-state index is 11.5. The molecule has 2 aromatic heterocycles. The van der Waals surface area contributed by atoms with Crippen molar-refractivity contribution in [3.63, 3.8) is 0 Å². The van der Waals surface area contributed by atoms with Gasteiger partial charge in [-0.25, -0.2) is 9.89 Å². The van der Waals surface area contributed by atoms with E-state index in [1.807, 2.05) is 18.2 Å². The molecule has 0 aliphatic rings. The summed E-state index contributed by atoms with van der Waals surface area (Å²) < 4.78 is 5.04. The molecule has 14 heavy (non-hydrogen) atoms. The number of H-pyrrole nitrogens is 1. The predicted octanol–water partition coefficient (Wildman–Crippen LogP) is 1.67. The van der Waals surface area contributed by atoms with Crippen LogP contribution in [0.2, 0.25) is 0 Å². The van der Waals surface area contributed by atoms with Gasteiger partial charge in [-0.3, -0.25) is 0 Å². The van der Waals surface area contributed by atoms with Crippen molar-refractivity contribution >= 4 is 21.9 Å². The molecule has 0 fully saturated rings. The average Bonchev–Trinajstić information content (AvgIpc) is 2.66. The quantitative estimate of drug-likeness (QED) is 0.581. The number of nitrogens with zero attached hydrogens (tertiary/aromatic N) is 1. The molecule has 1 N–H and O–H groups in total. The molecule has 0 spiro atoms. The van der Waals surface area contributed by atoms with Crippen molar-refractivity contribution < 1.29 is 4.42 Å². The van der Waals surface area contributed by atoms with Crippen LogP contribution in [0.3, 0.4) is 0 Å². The summed E-state index contributed by atoms with van der Waals surface area (Å²) in [6.45, 7) is 0. The summed E-state index contributed by atoms with van der Waals surface area (Å²) in [6.07, 6.45) is 1.65. The summed E-state index contributed by atoms with van der Waals surface area (Å²) >= 11 is 0. The molecule has 2 heterocycles. The van der Waals surface area contributed by atoms with Gasteiger partial charge in [-0.1, -0.05) is 18.2 Å². The lowest BCUT2D eigenvalue weighted by Gasteiger charge is -1.95. The van der Waals surface area contributed by atoms with Crippen molar-refractivity contribution in [1.82, 2.24) is 10.2 Å².